The predicted octanol–water partition coefficient (Wildman–Crippen LogP) is 7.74. The van der Waals surface area contributed by atoms with Gasteiger partial charge in [0.2, 0.25) is 0 Å². The maximum Gasteiger partial charge on any atom is 0.119 e. The van der Waals surface area contributed by atoms with Gasteiger partial charge in [-0.15, -0.1) is 0 Å². The predicted molar refractivity (Wildman–Crippen MR) is 122 cm³/mol. The summed E-state index contributed by atoms with van der Waals surface area (Å²) in [7, 11) is 0. The Kier molecular flexibility index (Phi) is 7.64. The molecule has 2 fully saturated rings. The zero-order valence-corrected chi connectivity index (χ0v) is 18.5. The van der Waals surface area contributed by atoms with Crippen molar-refractivity contribution in [3.63, 3.8) is 0 Å². The van der Waals surface area contributed by atoms with Crippen molar-refractivity contribution in [3.05, 3.63) is 58.7 Å². The lowest BCUT2D eigenvalue weighted by Gasteiger charge is -2.27. The Hall–Kier alpha value is -1.96. The lowest BCUT2D eigenvalue weighted by atomic mass is 9.79. The third-order valence-corrected chi connectivity index (χ3v) is 6.87. The summed E-state index contributed by atoms with van der Waals surface area (Å²) in [6, 6.07) is 11.9. The van der Waals surface area contributed by atoms with Crippen LogP contribution >= 0.6 is 0 Å². The third-order valence-electron chi connectivity index (χ3n) is 6.87. The Morgan fingerprint density at radius 1 is 0.621 bits per heavy atom. The highest BCUT2D eigenvalue weighted by Gasteiger charge is 2.22. The van der Waals surface area contributed by atoms with Crippen LogP contribution in [0.2, 0.25) is 0 Å². The van der Waals surface area contributed by atoms with Gasteiger partial charge in [0.05, 0.1) is 0 Å². The zero-order valence-electron chi connectivity index (χ0n) is 18.5. The summed E-state index contributed by atoms with van der Waals surface area (Å²) >= 11 is 0. The smallest absolute Gasteiger partial charge is 0.119 e. The van der Waals surface area contributed by atoms with Gasteiger partial charge in [0, 0.05) is 0 Å². The highest BCUT2D eigenvalue weighted by Crippen LogP contribution is 2.39. The monoisotopic (exact) mass is 394 g/mol. The summed E-state index contributed by atoms with van der Waals surface area (Å²) in [6.07, 6.45) is 11.6. The first-order valence-electron chi connectivity index (χ1n) is 11.5. The second-order valence-electron chi connectivity index (χ2n) is 9.42. The lowest BCUT2D eigenvalue weighted by Crippen LogP contribution is -2.11. The lowest BCUT2D eigenvalue weighted by molar-refractivity contribution is 0.340. The molecule has 0 spiro atoms. The van der Waals surface area contributed by atoms with E-state index in [1.807, 2.05) is 24.3 Å². The normalized spacial score (nSPS) is 22.6. The van der Waals surface area contributed by atoms with E-state index in [2.05, 4.69) is 32.9 Å². The summed E-state index contributed by atoms with van der Waals surface area (Å²) in [4.78, 5) is 0. The number of aromatic hydroxyl groups is 2. The molecule has 29 heavy (non-hydrogen) atoms. The van der Waals surface area contributed by atoms with Crippen LogP contribution in [0.4, 0.5) is 0 Å². The maximum atomic E-state index is 9.85. The van der Waals surface area contributed by atoms with Crippen molar-refractivity contribution < 1.29 is 10.2 Å². The van der Waals surface area contributed by atoms with Crippen LogP contribution < -0.4 is 0 Å². The fourth-order valence-corrected chi connectivity index (χ4v) is 4.99. The number of hydrogen-bond acceptors (Lipinski definition) is 2. The van der Waals surface area contributed by atoms with Crippen molar-refractivity contribution in [1.82, 2.24) is 0 Å². The van der Waals surface area contributed by atoms with Crippen LogP contribution in [0.3, 0.4) is 0 Å². The zero-order chi connectivity index (χ0) is 20.8. The average Bonchev–Trinajstić information content (AvgIpc) is 2.73. The van der Waals surface area contributed by atoms with E-state index in [4.69, 9.17) is 0 Å². The molecular weight excluding hydrogens is 356 g/mol. The highest BCUT2D eigenvalue weighted by molar-refractivity contribution is 5.39. The van der Waals surface area contributed by atoms with Gasteiger partial charge < -0.3 is 10.2 Å². The van der Waals surface area contributed by atoms with Crippen molar-refractivity contribution in [2.45, 2.75) is 90.4 Å². The molecule has 0 amide bonds. The largest absolute Gasteiger partial charge is 0.508 e. The minimum absolute atomic E-state index is 0.486. The fraction of sp³-hybridized carbons (Fsp3) is 0.556. The summed E-state index contributed by atoms with van der Waals surface area (Å²) in [5.74, 6) is 3.03. The summed E-state index contributed by atoms with van der Waals surface area (Å²) in [5.41, 5.74) is 4.84. The Labute approximate surface area is 177 Å². The Morgan fingerprint density at radius 3 is 1.55 bits per heavy atom. The molecule has 2 heteroatoms. The van der Waals surface area contributed by atoms with Gasteiger partial charge in [-0.3, -0.25) is 0 Å². The molecule has 0 unspecified atom stereocenters. The second kappa shape index (κ2) is 10.2. The second-order valence-corrected chi connectivity index (χ2v) is 9.42. The highest BCUT2D eigenvalue weighted by atomic mass is 16.3. The topological polar surface area (TPSA) is 40.5 Å². The van der Waals surface area contributed by atoms with Crippen molar-refractivity contribution in [3.8, 4) is 11.5 Å². The van der Waals surface area contributed by atoms with Gasteiger partial charge >= 0.3 is 0 Å². The van der Waals surface area contributed by atoms with E-state index >= 15 is 0 Å². The van der Waals surface area contributed by atoms with Gasteiger partial charge in [0.1, 0.15) is 11.5 Å². The molecule has 0 bridgehead atoms. The quantitative estimate of drug-likeness (QED) is 0.547. The van der Waals surface area contributed by atoms with Crippen LogP contribution in [0.25, 0.3) is 0 Å². The SMILES string of the molecule is Cc1ccc(O)c(C2CCC(C)CC2)c1.Cc1ccc(O)c(C2CCCCC2)c1. The van der Waals surface area contributed by atoms with Crippen LogP contribution in [0.5, 0.6) is 11.5 Å². The molecule has 2 aromatic carbocycles. The molecule has 0 atom stereocenters. The van der Waals surface area contributed by atoms with E-state index in [0.717, 1.165) is 5.92 Å². The van der Waals surface area contributed by atoms with E-state index in [9.17, 15) is 10.2 Å². The number of benzene rings is 2. The Balaban J connectivity index is 0.000000166. The van der Waals surface area contributed by atoms with Gasteiger partial charge in [-0.25, -0.2) is 0 Å². The van der Waals surface area contributed by atoms with Crippen molar-refractivity contribution >= 4 is 0 Å². The molecule has 2 aliphatic rings. The van der Waals surface area contributed by atoms with Crippen molar-refractivity contribution in [2.75, 3.05) is 0 Å². The Bertz CT molecular complexity index is 781. The molecule has 2 nitrogen and oxygen atoms in total. The van der Waals surface area contributed by atoms with Gasteiger partial charge in [0.15, 0.2) is 0 Å². The van der Waals surface area contributed by atoms with Crippen LogP contribution in [0, 0.1) is 19.8 Å². The van der Waals surface area contributed by atoms with Crippen LogP contribution in [0.15, 0.2) is 36.4 Å². The standard InChI is InChI=1S/C14H20O.C13H18O/c1-10-3-6-12(7-4-10)13-9-11(2)5-8-14(13)15;1-10-7-8-13(14)12(9-10)11-5-3-2-4-6-11/h5,8-10,12,15H,3-4,6-7H2,1-2H3;7-9,11,14H,2-6H2,1H3. The van der Waals surface area contributed by atoms with Crippen molar-refractivity contribution in [1.29, 1.82) is 0 Å². The van der Waals surface area contributed by atoms with E-state index in [1.165, 1.54) is 80.0 Å². The van der Waals surface area contributed by atoms with Crippen LogP contribution in [-0.4, -0.2) is 10.2 Å². The number of hydrogen-bond donors (Lipinski definition) is 2. The van der Waals surface area contributed by atoms with Crippen molar-refractivity contribution in [2.24, 2.45) is 5.92 Å². The molecule has 0 aromatic heterocycles. The molecule has 0 saturated heterocycles. The summed E-state index contributed by atoms with van der Waals surface area (Å²) < 4.78 is 0. The first-order valence-corrected chi connectivity index (χ1v) is 11.5. The molecular formula is C27H38O2. The molecule has 158 valence electrons. The molecule has 0 aliphatic heterocycles. The van der Waals surface area contributed by atoms with Crippen LogP contribution in [-0.2, 0) is 0 Å². The van der Waals surface area contributed by atoms with Crippen LogP contribution in [0.1, 0.15) is 98.8 Å². The molecule has 2 saturated carbocycles. The maximum absolute atomic E-state index is 9.85. The molecule has 2 N–H and O–H groups in total. The van der Waals surface area contributed by atoms with E-state index in [0.29, 0.717) is 23.3 Å². The van der Waals surface area contributed by atoms with Gasteiger partial charge in [-0.1, -0.05) is 74.4 Å². The number of phenolic OH excluding ortho intramolecular Hbond substituents is 2. The minimum Gasteiger partial charge on any atom is -0.508 e. The number of aryl methyl sites for hydroxylation is 2. The summed E-state index contributed by atoms with van der Waals surface area (Å²) in [5, 5.41) is 19.6. The van der Waals surface area contributed by atoms with Gasteiger partial charge in [0.25, 0.3) is 0 Å². The number of phenols is 2. The molecule has 0 heterocycles. The number of rotatable bonds is 2. The first-order chi connectivity index (χ1) is 13.9. The van der Waals surface area contributed by atoms with Gasteiger partial charge in [-0.05, 0) is 80.5 Å². The molecule has 0 radical (unpaired) electrons. The van der Waals surface area contributed by atoms with Gasteiger partial charge in [-0.2, -0.15) is 0 Å². The molecule has 2 aromatic rings. The summed E-state index contributed by atoms with van der Waals surface area (Å²) in [6.45, 7) is 6.51. The third kappa shape index (κ3) is 6.01. The Morgan fingerprint density at radius 2 is 1.07 bits per heavy atom. The van der Waals surface area contributed by atoms with E-state index < -0.39 is 0 Å². The minimum atomic E-state index is 0.486. The van der Waals surface area contributed by atoms with E-state index in [-0.39, 0.29) is 0 Å². The van der Waals surface area contributed by atoms with E-state index in [1.54, 1.807) is 0 Å². The molecule has 4 rings (SSSR count). The molecule has 2 aliphatic carbocycles. The average molecular weight is 395 g/mol. The fourth-order valence-electron chi connectivity index (χ4n) is 4.99. The first kappa shape index (κ1) is 21.7.